The van der Waals surface area contributed by atoms with Crippen molar-refractivity contribution in [2.75, 3.05) is 12.4 Å². The molecule has 0 spiro atoms. The fourth-order valence-corrected chi connectivity index (χ4v) is 2.15. The van der Waals surface area contributed by atoms with Crippen molar-refractivity contribution in [1.29, 1.82) is 0 Å². The second-order valence-electron chi connectivity index (χ2n) is 2.92. The van der Waals surface area contributed by atoms with Crippen molar-refractivity contribution in [3.05, 3.63) is 0 Å². The lowest BCUT2D eigenvalue weighted by molar-refractivity contribution is -0.148. The Morgan fingerprint density at radius 2 is 2.38 bits per heavy atom. The second kappa shape index (κ2) is 4.28. The first-order valence-electron chi connectivity index (χ1n) is 4.13. The Kier molecular flexibility index (Phi) is 3.55. The zero-order valence-electron chi connectivity index (χ0n) is 7.43. The molecule has 0 amide bonds. The van der Waals surface area contributed by atoms with Crippen LogP contribution >= 0.6 is 10.9 Å². The third kappa shape index (κ3) is 3.51. The van der Waals surface area contributed by atoms with Crippen LogP contribution in [0.4, 0.5) is 0 Å². The molecule has 6 heteroatoms. The van der Waals surface area contributed by atoms with Gasteiger partial charge in [-0.2, -0.15) is 0 Å². The maximum Gasteiger partial charge on any atom is 0.306 e. The summed E-state index contributed by atoms with van der Waals surface area (Å²) in [6, 6.07) is 0. The zero-order valence-corrected chi connectivity index (χ0v) is 8.25. The molecule has 0 saturated carbocycles. The highest BCUT2D eigenvalue weighted by atomic mass is 32.3. The van der Waals surface area contributed by atoms with Crippen LogP contribution in [0.3, 0.4) is 0 Å². The molecule has 1 fully saturated rings. The number of carbonyl (C=O) groups is 1. The van der Waals surface area contributed by atoms with E-state index in [1.165, 1.54) is 0 Å². The molecule has 78 valence electrons. The molecular weight excluding hydrogens is 196 g/mol. The monoisotopic (exact) mass is 210 g/mol. The minimum absolute atomic E-state index is 0.00243. The largest absolute Gasteiger partial charge is 0.459 e. The van der Waals surface area contributed by atoms with Crippen molar-refractivity contribution in [3.63, 3.8) is 0 Å². The van der Waals surface area contributed by atoms with Gasteiger partial charge in [-0.3, -0.25) is 8.98 Å². The molecule has 0 aliphatic carbocycles. The fraction of sp³-hybridized carbons (Fsp3) is 0.857. The normalized spacial score (nSPS) is 28.4. The Labute approximate surface area is 78.6 Å². The van der Waals surface area contributed by atoms with E-state index in [0.29, 0.717) is 6.42 Å². The lowest BCUT2D eigenvalue weighted by atomic mass is 10.3. The number of esters is 1. The molecule has 0 bridgehead atoms. The van der Waals surface area contributed by atoms with Crippen LogP contribution in [-0.2, 0) is 13.7 Å². The molecule has 1 heterocycles. The molecule has 0 aromatic heterocycles. The van der Waals surface area contributed by atoms with Crippen LogP contribution in [-0.4, -0.2) is 33.5 Å². The summed E-state index contributed by atoms with van der Waals surface area (Å²) in [4.78, 5) is 11.0. The molecule has 1 aliphatic heterocycles. The van der Waals surface area contributed by atoms with Crippen LogP contribution in [0, 0.1) is 0 Å². The molecule has 1 unspecified atom stereocenters. The van der Waals surface area contributed by atoms with Gasteiger partial charge >= 0.3 is 5.97 Å². The van der Waals surface area contributed by atoms with Gasteiger partial charge in [0.1, 0.15) is 12.7 Å². The maximum atomic E-state index is 11.0. The highest BCUT2D eigenvalue weighted by molar-refractivity contribution is 8.20. The van der Waals surface area contributed by atoms with Gasteiger partial charge in [-0.15, -0.1) is 0 Å². The first-order valence-corrected chi connectivity index (χ1v) is 5.77. The molecule has 1 saturated heterocycles. The lowest BCUT2D eigenvalue weighted by Crippen LogP contribution is -2.20. The van der Waals surface area contributed by atoms with E-state index >= 15 is 0 Å². The number of ether oxygens (including phenoxy) is 1. The summed E-state index contributed by atoms with van der Waals surface area (Å²) in [5, 5.41) is 0. The summed E-state index contributed by atoms with van der Waals surface area (Å²) in [6.07, 6.45) is 0.585. The topological polar surface area (TPSA) is 76.0 Å². The van der Waals surface area contributed by atoms with Crippen molar-refractivity contribution in [3.8, 4) is 0 Å². The Morgan fingerprint density at radius 3 is 2.85 bits per heavy atom. The van der Waals surface area contributed by atoms with Crippen LogP contribution in [0.1, 0.15) is 19.8 Å². The van der Waals surface area contributed by atoms with Gasteiger partial charge in [0, 0.05) is 6.42 Å². The maximum absolute atomic E-state index is 11.0. The van der Waals surface area contributed by atoms with Gasteiger partial charge < -0.3 is 13.8 Å². The number of hydrogen-bond acceptors (Lipinski definition) is 5. The Hall–Kier alpha value is -0.300. The Bertz CT molecular complexity index is 193. The van der Waals surface area contributed by atoms with E-state index in [4.69, 9.17) is 13.8 Å². The fourth-order valence-electron chi connectivity index (χ4n) is 1.04. The van der Waals surface area contributed by atoms with Crippen LogP contribution in [0.25, 0.3) is 0 Å². The van der Waals surface area contributed by atoms with Crippen molar-refractivity contribution in [2.45, 2.75) is 25.9 Å². The first kappa shape index (κ1) is 10.8. The van der Waals surface area contributed by atoms with E-state index in [9.17, 15) is 4.79 Å². The molecule has 13 heavy (non-hydrogen) atoms. The average molecular weight is 210 g/mol. The first-order chi connectivity index (χ1) is 6.03. The van der Waals surface area contributed by atoms with Crippen molar-refractivity contribution in [2.24, 2.45) is 0 Å². The van der Waals surface area contributed by atoms with E-state index in [-0.39, 0.29) is 18.3 Å². The molecule has 1 rings (SSSR count). The predicted octanol–water partition coefficient (Wildman–Crippen LogP) is 1.39. The predicted molar refractivity (Wildman–Crippen MR) is 48.5 cm³/mol. The Morgan fingerprint density at radius 1 is 1.69 bits per heavy atom. The SMILES string of the molecule is CCCC(=O)OC1COS(O)(O)C1. The van der Waals surface area contributed by atoms with Crippen LogP contribution in [0.2, 0.25) is 0 Å². The minimum atomic E-state index is -2.93. The molecule has 0 radical (unpaired) electrons. The van der Waals surface area contributed by atoms with Gasteiger partial charge in [0.05, 0.1) is 16.6 Å². The quantitative estimate of drug-likeness (QED) is 0.688. The molecule has 1 aliphatic rings. The highest BCUT2D eigenvalue weighted by Crippen LogP contribution is 2.45. The van der Waals surface area contributed by atoms with Gasteiger partial charge in [0.2, 0.25) is 0 Å². The third-order valence-electron chi connectivity index (χ3n) is 1.60. The summed E-state index contributed by atoms with van der Waals surface area (Å²) in [7, 11) is -2.93. The van der Waals surface area contributed by atoms with Gasteiger partial charge in [0.15, 0.2) is 0 Å². The summed E-state index contributed by atoms with van der Waals surface area (Å²) < 4.78 is 27.6. The van der Waals surface area contributed by atoms with Crippen LogP contribution in [0.5, 0.6) is 0 Å². The molecule has 0 aromatic rings. The average Bonchev–Trinajstić information content (AvgIpc) is 2.30. The smallest absolute Gasteiger partial charge is 0.306 e. The Balaban J connectivity index is 2.28. The van der Waals surface area contributed by atoms with Gasteiger partial charge in [-0.1, -0.05) is 6.92 Å². The molecular formula is C7H14O5S. The zero-order chi connectivity index (χ0) is 9.90. The molecule has 5 nitrogen and oxygen atoms in total. The molecule has 2 N–H and O–H groups in total. The van der Waals surface area contributed by atoms with Crippen molar-refractivity contribution in [1.82, 2.24) is 0 Å². The minimum Gasteiger partial charge on any atom is -0.459 e. The summed E-state index contributed by atoms with van der Waals surface area (Å²) in [6.45, 7) is 1.96. The summed E-state index contributed by atoms with van der Waals surface area (Å²) in [5.41, 5.74) is 0. The summed E-state index contributed by atoms with van der Waals surface area (Å²) >= 11 is 0. The lowest BCUT2D eigenvalue weighted by Gasteiger charge is -2.17. The van der Waals surface area contributed by atoms with Gasteiger partial charge in [-0.25, -0.2) is 0 Å². The molecule has 0 aromatic carbocycles. The van der Waals surface area contributed by atoms with E-state index in [0.717, 1.165) is 6.42 Å². The number of carbonyl (C=O) groups excluding carboxylic acids is 1. The van der Waals surface area contributed by atoms with Crippen LogP contribution in [0.15, 0.2) is 0 Å². The summed E-state index contributed by atoms with van der Waals surface area (Å²) in [5.74, 6) is -0.309. The van der Waals surface area contributed by atoms with Crippen LogP contribution < -0.4 is 0 Å². The van der Waals surface area contributed by atoms with Crippen molar-refractivity contribution < 1.29 is 22.8 Å². The van der Waals surface area contributed by atoms with Gasteiger partial charge in [-0.05, 0) is 6.42 Å². The van der Waals surface area contributed by atoms with E-state index < -0.39 is 17.0 Å². The number of hydrogen-bond donors (Lipinski definition) is 2. The molecule has 1 atom stereocenters. The van der Waals surface area contributed by atoms with E-state index in [1.807, 2.05) is 6.92 Å². The van der Waals surface area contributed by atoms with Crippen molar-refractivity contribution >= 4 is 16.8 Å². The number of rotatable bonds is 3. The van der Waals surface area contributed by atoms with Gasteiger partial charge in [0.25, 0.3) is 0 Å². The van der Waals surface area contributed by atoms with E-state index in [2.05, 4.69) is 4.18 Å². The standard InChI is InChI=1S/C7H14O5S/c1-2-3-7(8)12-6-4-11-13(9,10)5-6/h6,9-10H,2-5H2,1H3. The highest BCUT2D eigenvalue weighted by Gasteiger charge is 2.34. The van der Waals surface area contributed by atoms with E-state index in [1.54, 1.807) is 0 Å². The second-order valence-corrected chi connectivity index (χ2v) is 4.70. The third-order valence-corrected chi connectivity index (χ3v) is 2.92.